The first kappa shape index (κ1) is 17.3. The minimum atomic E-state index is -4.13. The summed E-state index contributed by atoms with van der Waals surface area (Å²) in [6, 6.07) is 0.425. The van der Waals surface area contributed by atoms with Gasteiger partial charge in [0.1, 0.15) is 18.2 Å². The molecule has 0 unspecified atom stereocenters. The van der Waals surface area contributed by atoms with Crippen LogP contribution >= 0.6 is 7.60 Å². The number of hydrogen-bond donors (Lipinski definition) is 3. The Balaban J connectivity index is 1.66. The van der Waals surface area contributed by atoms with E-state index in [2.05, 4.69) is 20.3 Å². The third-order valence-corrected chi connectivity index (χ3v) is 4.60. The number of rotatable bonds is 7. The van der Waals surface area contributed by atoms with E-state index in [0.717, 1.165) is 18.7 Å². The van der Waals surface area contributed by atoms with Crippen molar-refractivity contribution in [3.05, 3.63) is 12.7 Å². The molecule has 132 valence electrons. The number of fused-ring (bicyclic) bond motifs is 1. The van der Waals surface area contributed by atoms with Crippen molar-refractivity contribution in [2.75, 3.05) is 18.3 Å². The van der Waals surface area contributed by atoms with E-state index in [4.69, 9.17) is 14.5 Å². The molecule has 1 saturated carbocycles. The van der Waals surface area contributed by atoms with Crippen molar-refractivity contribution in [3.8, 4) is 0 Å². The van der Waals surface area contributed by atoms with Gasteiger partial charge in [-0.1, -0.05) is 19.3 Å². The Morgan fingerprint density at radius 2 is 2.04 bits per heavy atom. The molecule has 3 rings (SSSR count). The number of ether oxygens (including phenoxy) is 1. The topological polar surface area (TPSA) is 122 Å². The number of nitrogens with zero attached hydrogens (tertiary/aromatic N) is 4. The van der Waals surface area contributed by atoms with Gasteiger partial charge in [-0.3, -0.25) is 4.57 Å². The van der Waals surface area contributed by atoms with E-state index in [1.165, 1.54) is 25.6 Å². The molecule has 24 heavy (non-hydrogen) atoms. The minimum absolute atomic E-state index is 0.173. The van der Waals surface area contributed by atoms with Crippen molar-refractivity contribution in [3.63, 3.8) is 0 Å². The van der Waals surface area contributed by atoms with Crippen LogP contribution in [0, 0.1) is 0 Å². The Bertz CT molecular complexity index is 725. The van der Waals surface area contributed by atoms with Crippen LogP contribution in [0.1, 0.15) is 32.1 Å². The number of anilines is 1. The number of aromatic nitrogens is 4. The molecule has 0 aromatic carbocycles. The lowest BCUT2D eigenvalue weighted by molar-refractivity contribution is 0.149. The molecule has 0 aliphatic heterocycles. The van der Waals surface area contributed by atoms with Gasteiger partial charge in [0.25, 0.3) is 0 Å². The molecule has 0 atom stereocenters. The van der Waals surface area contributed by atoms with E-state index < -0.39 is 13.9 Å². The highest BCUT2D eigenvalue weighted by Gasteiger charge is 2.17. The fraction of sp³-hybridized carbons (Fsp3) is 0.643. The molecular weight excluding hydrogens is 333 g/mol. The van der Waals surface area contributed by atoms with Crippen molar-refractivity contribution in [2.24, 2.45) is 0 Å². The van der Waals surface area contributed by atoms with Crippen LogP contribution in [0.25, 0.3) is 11.2 Å². The highest BCUT2D eigenvalue weighted by Crippen LogP contribution is 2.33. The summed E-state index contributed by atoms with van der Waals surface area (Å²) in [6.07, 6.45) is 8.61. The zero-order valence-corrected chi connectivity index (χ0v) is 14.2. The molecule has 3 N–H and O–H groups in total. The lowest BCUT2D eigenvalue weighted by Crippen LogP contribution is -2.23. The highest BCUT2D eigenvalue weighted by atomic mass is 31.2. The van der Waals surface area contributed by atoms with Gasteiger partial charge in [0.2, 0.25) is 0 Å². The Labute approximate surface area is 139 Å². The molecule has 2 aromatic rings. The third-order valence-electron chi connectivity index (χ3n) is 4.08. The van der Waals surface area contributed by atoms with Gasteiger partial charge in [-0.2, -0.15) is 0 Å². The molecule has 0 bridgehead atoms. The van der Waals surface area contributed by atoms with Crippen LogP contribution in [0.5, 0.6) is 0 Å². The highest BCUT2D eigenvalue weighted by molar-refractivity contribution is 7.51. The van der Waals surface area contributed by atoms with Gasteiger partial charge in [-0.25, -0.2) is 15.0 Å². The summed E-state index contributed by atoms with van der Waals surface area (Å²) in [5.74, 6) is 0.738. The van der Waals surface area contributed by atoms with Crippen molar-refractivity contribution in [2.45, 2.75) is 44.7 Å². The van der Waals surface area contributed by atoms with Gasteiger partial charge >= 0.3 is 7.60 Å². The maximum atomic E-state index is 10.8. The third kappa shape index (κ3) is 4.51. The predicted molar refractivity (Wildman–Crippen MR) is 88.7 cm³/mol. The predicted octanol–water partition coefficient (Wildman–Crippen LogP) is 1.72. The van der Waals surface area contributed by atoms with Crippen LogP contribution in [0.15, 0.2) is 12.7 Å². The van der Waals surface area contributed by atoms with Crippen LogP contribution < -0.4 is 5.32 Å². The monoisotopic (exact) mass is 355 g/mol. The molecule has 2 aromatic heterocycles. The number of hydrogen-bond acceptors (Lipinski definition) is 6. The maximum absolute atomic E-state index is 10.8. The van der Waals surface area contributed by atoms with Crippen molar-refractivity contribution < 1.29 is 19.1 Å². The molecular formula is C14H22N5O4P. The number of nitrogens with one attached hydrogen (secondary N) is 1. The van der Waals surface area contributed by atoms with E-state index in [0.29, 0.717) is 23.8 Å². The summed E-state index contributed by atoms with van der Waals surface area (Å²) >= 11 is 0. The SMILES string of the molecule is O=P(O)(O)COCCn1cnc2c(NC3CCCCC3)ncnc21. The Hall–Kier alpha value is -1.54. The fourth-order valence-electron chi connectivity index (χ4n) is 2.94. The smallest absolute Gasteiger partial charge is 0.350 e. The minimum Gasteiger partial charge on any atom is -0.367 e. The van der Waals surface area contributed by atoms with E-state index in [-0.39, 0.29) is 6.61 Å². The molecule has 2 heterocycles. The molecule has 0 amide bonds. The zero-order chi connectivity index (χ0) is 17.0. The second-order valence-corrected chi connectivity index (χ2v) is 7.60. The van der Waals surface area contributed by atoms with E-state index in [9.17, 15) is 4.57 Å². The van der Waals surface area contributed by atoms with Crippen molar-refractivity contribution >= 4 is 24.6 Å². The van der Waals surface area contributed by atoms with E-state index in [1.807, 2.05) is 0 Å². The van der Waals surface area contributed by atoms with Gasteiger partial charge in [0.15, 0.2) is 11.5 Å². The molecule has 0 spiro atoms. The lowest BCUT2D eigenvalue weighted by Gasteiger charge is -2.23. The summed E-state index contributed by atoms with van der Waals surface area (Å²) in [4.78, 5) is 30.5. The number of imidazole rings is 1. The molecule has 0 saturated heterocycles. The normalized spacial score (nSPS) is 16.6. The molecule has 1 fully saturated rings. The first-order valence-corrected chi connectivity index (χ1v) is 9.87. The summed E-state index contributed by atoms with van der Waals surface area (Å²) in [7, 11) is -4.13. The standard InChI is InChI=1S/C14H22N5O4P/c20-24(21,22)10-23-7-6-19-9-17-12-13(15-8-16-14(12)19)18-11-4-2-1-3-5-11/h8-9,11H,1-7,10H2,(H,15,16,18)(H2,20,21,22). The van der Waals surface area contributed by atoms with Gasteiger partial charge in [0.05, 0.1) is 12.9 Å². The quantitative estimate of drug-likeness (QED) is 0.507. The second-order valence-electron chi connectivity index (χ2n) is 6.01. The first-order valence-electron chi connectivity index (χ1n) is 8.07. The van der Waals surface area contributed by atoms with Crippen LogP contribution in [0.4, 0.5) is 5.82 Å². The van der Waals surface area contributed by atoms with Crippen molar-refractivity contribution in [1.29, 1.82) is 0 Å². The average molecular weight is 355 g/mol. The van der Waals surface area contributed by atoms with Crippen molar-refractivity contribution in [1.82, 2.24) is 19.5 Å². The molecule has 9 nitrogen and oxygen atoms in total. The van der Waals surface area contributed by atoms with E-state index >= 15 is 0 Å². The summed E-state index contributed by atoms with van der Waals surface area (Å²) in [6.45, 7) is 0.586. The Kier molecular flexibility index (Phi) is 5.45. The summed E-state index contributed by atoms with van der Waals surface area (Å²) < 4.78 is 17.6. The van der Waals surface area contributed by atoms with Gasteiger partial charge < -0.3 is 24.4 Å². The Morgan fingerprint density at radius 3 is 2.79 bits per heavy atom. The zero-order valence-electron chi connectivity index (χ0n) is 13.3. The largest absolute Gasteiger partial charge is 0.367 e. The maximum Gasteiger partial charge on any atom is 0.350 e. The molecule has 1 aliphatic rings. The van der Waals surface area contributed by atoms with Gasteiger partial charge in [-0.15, -0.1) is 0 Å². The van der Waals surface area contributed by atoms with Crippen LogP contribution in [-0.4, -0.2) is 48.3 Å². The Morgan fingerprint density at radius 1 is 1.25 bits per heavy atom. The lowest BCUT2D eigenvalue weighted by atomic mass is 9.95. The summed E-state index contributed by atoms with van der Waals surface area (Å²) in [5.41, 5.74) is 1.39. The van der Waals surface area contributed by atoms with Crippen LogP contribution in [0.3, 0.4) is 0 Å². The average Bonchev–Trinajstić information content (AvgIpc) is 2.96. The van der Waals surface area contributed by atoms with Gasteiger partial charge in [0, 0.05) is 12.6 Å². The summed E-state index contributed by atoms with van der Waals surface area (Å²) in [5, 5.41) is 3.46. The fourth-order valence-corrected chi connectivity index (χ4v) is 3.30. The van der Waals surface area contributed by atoms with Gasteiger partial charge in [-0.05, 0) is 12.8 Å². The van der Waals surface area contributed by atoms with Crippen LogP contribution in [0.2, 0.25) is 0 Å². The first-order chi connectivity index (χ1) is 11.5. The molecule has 1 aliphatic carbocycles. The molecule has 10 heteroatoms. The van der Waals surface area contributed by atoms with Crippen LogP contribution in [-0.2, 0) is 15.8 Å². The molecule has 0 radical (unpaired) electrons. The van der Waals surface area contributed by atoms with E-state index in [1.54, 1.807) is 10.9 Å². The second kappa shape index (κ2) is 7.57.